The van der Waals surface area contributed by atoms with Gasteiger partial charge in [-0.1, -0.05) is 19.8 Å². The van der Waals surface area contributed by atoms with Crippen LogP contribution in [0.2, 0.25) is 0 Å². The number of unbranched alkanes of at least 4 members (excludes halogenated alkanes) is 1. The largest absolute Gasteiger partial charge is 0.481 e. The summed E-state index contributed by atoms with van der Waals surface area (Å²) in [5.41, 5.74) is 5.47. The number of carbonyl (C=O) groups excluding carboxylic acids is 3. The zero-order valence-electron chi connectivity index (χ0n) is 16.5. The summed E-state index contributed by atoms with van der Waals surface area (Å²) in [5, 5.41) is 25.0. The number of carboxylic acid groups (broad SMARTS) is 2. The Morgan fingerprint density at radius 1 is 0.897 bits per heavy atom. The number of amides is 3. The molecule has 3 amide bonds. The van der Waals surface area contributed by atoms with Crippen molar-refractivity contribution in [3.05, 3.63) is 0 Å². The van der Waals surface area contributed by atoms with Crippen LogP contribution >= 0.6 is 12.6 Å². The fraction of sp³-hybridized carbons (Fsp3) is 0.706. The van der Waals surface area contributed by atoms with Gasteiger partial charge in [0.2, 0.25) is 17.7 Å². The summed E-state index contributed by atoms with van der Waals surface area (Å²) < 4.78 is 0. The van der Waals surface area contributed by atoms with Gasteiger partial charge in [0.15, 0.2) is 0 Å². The molecule has 0 bridgehead atoms. The first-order valence-corrected chi connectivity index (χ1v) is 9.88. The standard InChI is InChI=1S/C17H30N4O7S/c1-3-4-5-10(15(25)21-12(8-29)17(27)28)20-16(26)11(6-7-13(22)23)19-14(24)9(2)18/h9-12,29H,3-8,18H2,1-2H3,(H,19,24)(H,20,26)(H,21,25)(H,22,23)(H,27,28)/t9-,10-,11-,12-/m0/s1. The van der Waals surface area contributed by atoms with E-state index in [1.807, 2.05) is 6.92 Å². The highest BCUT2D eigenvalue weighted by molar-refractivity contribution is 7.80. The van der Waals surface area contributed by atoms with Crippen molar-refractivity contribution in [2.75, 3.05) is 5.75 Å². The van der Waals surface area contributed by atoms with Crippen molar-refractivity contribution in [3.63, 3.8) is 0 Å². The highest BCUT2D eigenvalue weighted by Crippen LogP contribution is 2.05. The zero-order chi connectivity index (χ0) is 22.6. The molecule has 0 aromatic rings. The summed E-state index contributed by atoms with van der Waals surface area (Å²) in [6, 6.07) is -4.40. The fourth-order valence-corrected chi connectivity index (χ4v) is 2.49. The van der Waals surface area contributed by atoms with Crippen molar-refractivity contribution in [1.82, 2.24) is 16.0 Å². The number of thiol groups is 1. The molecule has 0 aromatic carbocycles. The highest BCUT2D eigenvalue weighted by Gasteiger charge is 2.29. The van der Waals surface area contributed by atoms with Crippen molar-refractivity contribution < 1.29 is 34.2 Å². The predicted molar refractivity (Wildman–Crippen MR) is 107 cm³/mol. The maximum Gasteiger partial charge on any atom is 0.327 e. The van der Waals surface area contributed by atoms with E-state index in [1.165, 1.54) is 6.92 Å². The van der Waals surface area contributed by atoms with E-state index in [0.29, 0.717) is 6.42 Å². The molecule has 0 aromatic heterocycles. The summed E-state index contributed by atoms with van der Waals surface area (Å²) in [4.78, 5) is 58.8. The molecule has 0 fully saturated rings. The second-order valence-corrected chi connectivity index (χ2v) is 6.93. The van der Waals surface area contributed by atoms with Crippen LogP contribution in [0.3, 0.4) is 0 Å². The van der Waals surface area contributed by atoms with Gasteiger partial charge in [0.1, 0.15) is 18.1 Å². The molecule has 11 nitrogen and oxygen atoms in total. The second-order valence-electron chi connectivity index (χ2n) is 6.57. The van der Waals surface area contributed by atoms with Gasteiger partial charge in [0, 0.05) is 12.2 Å². The number of hydrogen-bond donors (Lipinski definition) is 7. The van der Waals surface area contributed by atoms with Crippen LogP contribution in [0.1, 0.15) is 46.0 Å². The molecule has 0 aliphatic rings. The molecule has 0 saturated carbocycles. The Balaban J connectivity index is 5.31. The van der Waals surface area contributed by atoms with Crippen LogP contribution in [-0.4, -0.2) is 69.8 Å². The molecule has 4 atom stereocenters. The third kappa shape index (κ3) is 10.7. The van der Waals surface area contributed by atoms with Crippen molar-refractivity contribution in [2.45, 2.75) is 70.1 Å². The van der Waals surface area contributed by atoms with Crippen LogP contribution in [0.25, 0.3) is 0 Å². The number of nitrogens with one attached hydrogen (secondary N) is 3. The number of aliphatic carboxylic acids is 2. The predicted octanol–water partition coefficient (Wildman–Crippen LogP) is -1.14. The maximum absolute atomic E-state index is 12.6. The van der Waals surface area contributed by atoms with Crippen LogP contribution in [0, 0.1) is 0 Å². The van der Waals surface area contributed by atoms with Crippen molar-refractivity contribution in [1.29, 1.82) is 0 Å². The van der Waals surface area contributed by atoms with Gasteiger partial charge in [-0.2, -0.15) is 12.6 Å². The van der Waals surface area contributed by atoms with Gasteiger partial charge in [-0.3, -0.25) is 19.2 Å². The minimum Gasteiger partial charge on any atom is -0.481 e. The SMILES string of the molecule is CCCC[C@H](NC(=O)[C@H](CCC(=O)O)NC(=O)[C@H](C)N)C(=O)N[C@@H](CS)C(=O)O. The molecular weight excluding hydrogens is 404 g/mol. The van der Waals surface area contributed by atoms with E-state index >= 15 is 0 Å². The van der Waals surface area contributed by atoms with Crippen LogP contribution in [0.15, 0.2) is 0 Å². The molecule has 0 rings (SSSR count). The van der Waals surface area contributed by atoms with Crippen molar-refractivity contribution in [2.24, 2.45) is 5.73 Å². The second kappa shape index (κ2) is 13.8. The molecule has 29 heavy (non-hydrogen) atoms. The Kier molecular flexibility index (Phi) is 12.7. The summed E-state index contributed by atoms with van der Waals surface area (Å²) in [6.07, 6.45) is 0.946. The molecule has 0 unspecified atom stereocenters. The molecule has 0 aliphatic carbocycles. The lowest BCUT2D eigenvalue weighted by molar-refractivity contribution is -0.141. The molecule has 0 spiro atoms. The lowest BCUT2D eigenvalue weighted by atomic mass is 10.1. The minimum absolute atomic E-state index is 0.138. The lowest BCUT2D eigenvalue weighted by Crippen LogP contribution is -2.57. The van der Waals surface area contributed by atoms with Crippen LogP contribution in [-0.2, 0) is 24.0 Å². The van der Waals surface area contributed by atoms with E-state index in [-0.39, 0.29) is 25.0 Å². The van der Waals surface area contributed by atoms with Crippen molar-refractivity contribution >= 4 is 42.3 Å². The quantitative estimate of drug-likeness (QED) is 0.167. The first-order chi connectivity index (χ1) is 13.5. The Hall–Kier alpha value is -2.34. The van der Waals surface area contributed by atoms with Crippen molar-refractivity contribution in [3.8, 4) is 0 Å². The Bertz CT molecular complexity index is 600. The summed E-state index contributed by atoms with van der Waals surface area (Å²) in [6.45, 7) is 3.28. The molecular formula is C17H30N4O7S. The number of carbonyl (C=O) groups is 5. The summed E-state index contributed by atoms with van der Waals surface area (Å²) in [7, 11) is 0. The topological polar surface area (TPSA) is 188 Å². The zero-order valence-corrected chi connectivity index (χ0v) is 17.4. The smallest absolute Gasteiger partial charge is 0.327 e. The van der Waals surface area contributed by atoms with Gasteiger partial charge in [-0.05, 0) is 19.8 Å². The third-order valence-electron chi connectivity index (χ3n) is 3.97. The molecule has 0 saturated heterocycles. The van der Waals surface area contributed by atoms with Gasteiger partial charge in [-0.15, -0.1) is 0 Å². The van der Waals surface area contributed by atoms with E-state index in [1.54, 1.807) is 0 Å². The average Bonchev–Trinajstić information content (AvgIpc) is 2.64. The van der Waals surface area contributed by atoms with Gasteiger partial charge < -0.3 is 31.9 Å². The lowest BCUT2D eigenvalue weighted by Gasteiger charge is -2.24. The maximum atomic E-state index is 12.6. The average molecular weight is 435 g/mol. The first-order valence-electron chi connectivity index (χ1n) is 9.25. The molecule has 12 heteroatoms. The van der Waals surface area contributed by atoms with Crippen LogP contribution < -0.4 is 21.7 Å². The number of hydrogen-bond acceptors (Lipinski definition) is 7. The monoisotopic (exact) mass is 434 g/mol. The number of nitrogens with two attached hydrogens (primary N) is 1. The highest BCUT2D eigenvalue weighted by atomic mass is 32.1. The van der Waals surface area contributed by atoms with E-state index in [9.17, 15) is 24.0 Å². The molecule has 0 aliphatic heterocycles. The Labute approximate surface area is 174 Å². The summed E-state index contributed by atoms with van der Waals surface area (Å²) in [5.74, 6) is -4.67. The number of carboxylic acids is 2. The molecule has 7 N–H and O–H groups in total. The van der Waals surface area contributed by atoms with Gasteiger partial charge in [0.05, 0.1) is 6.04 Å². The molecule has 0 radical (unpaired) electrons. The van der Waals surface area contributed by atoms with E-state index in [0.717, 1.165) is 6.42 Å². The van der Waals surface area contributed by atoms with Gasteiger partial charge >= 0.3 is 11.9 Å². The van der Waals surface area contributed by atoms with E-state index in [4.69, 9.17) is 15.9 Å². The Morgan fingerprint density at radius 3 is 1.79 bits per heavy atom. The minimum atomic E-state index is -1.27. The molecule has 166 valence electrons. The first kappa shape index (κ1) is 26.7. The Morgan fingerprint density at radius 2 is 1.38 bits per heavy atom. The van der Waals surface area contributed by atoms with E-state index in [2.05, 4.69) is 28.6 Å². The third-order valence-corrected chi connectivity index (χ3v) is 4.34. The normalized spacial score (nSPS) is 14.8. The van der Waals surface area contributed by atoms with E-state index < -0.39 is 53.8 Å². The van der Waals surface area contributed by atoms with Gasteiger partial charge in [0.25, 0.3) is 0 Å². The number of rotatable bonds is 14. The van der Waals surface area contributed by atoms with Crippen LogP contribution in [0.5, 0.6) is 0 Å². The molecule has 0 heterocycles. The van der Waals surface area contributed by atoms with Gasteiger partial charge in [-0.25, -0.2) is 4.79 Å². The van der Waals surface area contributed by atoms with Crippen LogP contribution in [0.4, 0.5) is 0 Å². The summed E-state index contributed by atoms with van der Waals surface area (Å²) >= 11 is 3.88. The fourth-order valence-electron chi connectivity index (χ4n) is 2.25.